The molecule has 0 amide bonds. The van der Waals surface area contributed by atoms with Crippen LogP contribution in [0.2, 0.25) is 0 Å². The highest BCUT2D eigenvalue weighted by Crippen LogP contribution is 2.30. The highest BCUT2D eigenvalue weighted by Gasteiger charge is 2.30. The van der Waals surface area contributed by atoms with E-state index < -0.39 is 11.7 Å². The van der Waals surface area contributed by atoms with Crippen LogP contribution in [0.25, 0.3) is 0 Å². The molecular weight excluding hydrogens is 367 g/mol. The van der Waals surface area contributed by atoms with Gasteiger partial charge in [-0.05, 0) is 35.9 Å². The van der Waals surface area contributed by atoms with Gasteiger partial charge in [-0.1, -0.05) is 0 Å². The quantitative estimate of drug-likeness (QED) is 0.508. The average Bonchev–Trinajstić information content (AvgIpc) is 3.01. The van der Waals surface area contributed by atoms with Crippen molar-refractivity contribution in [3.8, 4) is 11.6 Å². The third-order valence-electron chi connectivity index (χ3n) is 3.06. The Balaban J connectivity index is 1.59. The standard InChI is InChI=1S/C16H12F3N5OS/c17-16(18,19)11-3-6-14(21-8-11)25-12-4-1-10(2-5-12)7-22-24-15-23-13(20)9-26-15/h1-9H,20H2,(H,23,24). The van der Waals surface area contributed by atoms with Crippen LogP contribution in [0.15, 0.2) is 53.1 Å². The summed E-state index contributed by atoms with van der Waals surface area (Å²) in [7, 11) is 0. The molecule has 3 aromatic rings. The van der Waals surface area contributed by atoms with Gasteiger partial charge in [0.25, 0.3) is 0 Å². The molecule has 0 aliphatic heterocycles. The number of aromatic nitrogens is 2. The zero-order valence-electron chi connectivity index (χ0n) is 13.1. The lowest BCUT2D eigenvalue weighted by molar-refractivity contribution is -0.137. The van der Waals surface area contributed by atoms with E-state index >= 15 is 0 Å². The fourth-order valence-electron chi connectivity index (χ4n) is 1.85. The molecule has 0 spiro atoms. The van der Waals surface area contributed by atoms with Crippen LogP contribution in [0.3, 0.4) is 0 Å². The second kappa shape index (κ2) is 7.40. The minimum Gasteiger partial charge on any atom is -0.439 e. The second-order valence-electron chi connectivity index (χ2n) is 5.00. The number of alkyl halides is 3. The number of ether oxygens (including phenoxy) is 1. The van der Waals surface area contributed by atoms with Crippen LogP contribution in [0.5, 0.6) is 11.6 Å². The summed E-state index contributed by atoms with van der Waals surface area (Å²) < 4.78 is 42.9. The van der Waals surface area contributed by atoms with Gasteiger partial charge in [0, 0.05) is 17.6 Å². The maximum Gasteiger partial charge on any atom is 0.417 e. The number of hydrogen-bond donors (Lipinski definition) is 2. The first-order valence-electron chi connectivity index (χ1n) is 7.21. The van der Waals surface area contributed by atoms with Gasteiger partial charge >= 0.3 is 6.18 Å². The molecule has 0 unspecified atom stereocenters. The lowest BCUT2D eigenvalue weighted by Gasteiger charge is -2.08. The zero-order chi connectivity index (χ0) is 18.6. The number of nitrogens with zero attached hydrogens (tertiary/aromatic N) is 3. The van der Waals surface area contributed by atoms with E-state index in [9.17, 15) is 13.2 Å². The lowest BCUT2D eigenvalue weighted by atomic mass is 10.2. The fraction of sp³-hybridized carbons (Fsp3) is 0.0625. The van der Waals surface area contributed by atoms with Crippen molar-refractivity contribution in [1.82, 2.24) is 9.97 Å². The Hall–Kier alpha value is -3.14. The minimum atomic E-state index is -4.43. The van der Waals surface area contributed by atoms with Gasteiger partial charge in [0.15, 0.2) is 0 Å². The van der Waals surface area contributed by atoms with Crippen molar-refractivity contribution >= 4 is 28.5 Å². The summed E-state index contributed by atoms with van der Waals surface area (Å²) in [5.41, 5.74) is 8.21. The third-order valence-corrected chi connectivity index (χ3v) is 3.83. The van der Waals surface area contributed by atoms with E-state index in [1.54, 1.807) is 35.9 Å². The average molecular weight is 379 g/mol. The lowest BCUT2D eigenvalue weighted by Crippen LogP contribution is -2.05. The molecule has 0 atom stereocenters. The van der Waals surface area contributed by atoms with Gasteiger partial charge < -0.3 is 10.5 Å². The van der Waals surface area contributed by atoms with Crippen LogP contribution >= 0.6 is 11.3 Å². The van der Waals surface area contributed by atoms with E-state index in [-0.39, 0.29) is 5.88 Å². The molecule has 0 bridgehead atoms. The number of rotatable bonds is 5. The number of nitrogens with one attached hydrogen (secondary N) is 1. The Kier molecular flexibility index (Phi) is 5.03. The molecule has 3 N–H and O–H groups in total. The van der Waals surface area contributed by atoms with Crippen molar-refractivity contribution in [2.75, 3.05) is 11.2 Å². The van der Waals surface area contributed by atoms with E-state index in [2.05, 4.69) is 20.5 Å². The van der Waals surface area contributed by atoms with Crippen LogP contribution in [0.4, 0.5) is 24.1 Å². The summed E-state index contributed by atoms with van der Waals surface area (Å²) in [6.45, 7) is 0. The highest BCUT2D eigenvalue weighted by atomic mass is 32.1. The summed E-state index contributed by atoms with van der Waals surface area (Å²) in [5.74, 6) is 0.934. The molecule has 2 heterocycles. The number of nitrogens with two attached hydrogens (primary N) is 1. The van der Waals surface area contributed by atoms with E-state index in [0.717, 1.165) is 17.8 Å². The summed E-state index contributed by atoms with van der Waals surface area (Å²) in [6, 6.07) is 8.87. The van der Waals surface area contributed by atoms with Crippen molar-refractivity contribution < 1.29 is 17.9 Å². The summed E-state index contributed by atoms with van der Waals surface area (Å²) in [4.78, 5) is 7.65. The van der Waals surface area contributed by atoms with E-state index in [1.165, 1.54) is 17.4 Å². The number of halogens is 3. The van der Waals surface area contributed by atoms with Crippen LogP contribution in [-0.4, -0.2) is 16.2 Å². The SMILES string of the molecule is Nc1csc(NN=Cc2ccc(Oc3ccc(C(F)(F)F)cn3)cc2)n1. The zero-order valence-corrected chi connectivity index (χ0v) is 13.9. The molecule has 0 fully saturated rings. The molecule has 0 saturated carbocycles. The van der Waals surface area contributed by atoms with Gasteiger partial charge in [0.2, 0.25) is 11.0 Å². The topological polar surface area (TPSA) is 85.4 Å². The third kappa shape index (κ3) is 4.70. The summed E-state index contributed by atoms with van der Waals surface area (Å²) >= 11 is 1.33. The predicted octanol–water partition coefficient (Wildman–Crippen LogP) is 4.38. The maximum atomic E-state index is 12.5. The minimum absolute atomic E-state index is 0.0717. The molecule has 0 radical (unpaired) electrons. The molecule has 0 aliphatic carbocycles. The monoisotopic (exact) mass is 379 g/mol. The van der Waals surface area contributed by atoms with Crippen molar-refractivity contribution in [2.45, 2.75) is 6.18 Å². The number of hydrogen-bond acceptors (Lipinski definition) is 7. The number of hydrazone groups is 1. The van der Waals surface area contributed by atoms with E-state index in [4.69, 9.17) is 10.5 Å². The normalized spacial score (nSPS) is 11.7. The first kappa shape index (κ1) is 17.7. The van der Waals surface area contributed by atoms with Gasteiger partial charge in [-0.15, -0.1) is 11.3 Å². The number of benzene rings is 1. The Morgan fingerprint density at radius 3 is 2.50 bits per heavy atom. The molecular formula is C16H12F3N5OS. The van der Waals surface area contributed by atoms with Gasteiger partial charge in [-0.2, -0.15) is 18.3 Å². The van der Waals surface area contributed by atoms with Crippen molar-refractivity contribution in [2.24, 2.45) is 5.10 Å². The molecule has 3 rings (SSSR count). The Bertz CT molecular complexity index is 891. The first-order chi connectivity index (χ1) is 12.4. The van der Waals surface area contributed by atoms with Gasteiger partial charge in [-0.25, -0.2) is 9.97 Å². The second-order valence-corrected chi connectivity index (χ2v) is 5.86. The number of anilines is 2. The number of nitrogen functional groups attached to an aromatic ring is 1. The van der Waals surface area contributed by atoms with Crippen LogP contribution in [0, 0.1) is 0 Å². The number of thiazole rings is 1. The molecule has 2 aromatic heterocycles. The Morgan fingerprint density at radius 2 is 1.92 bits per heavy atom. The van der Waals surface area contributed by atoms with Gasteiger partial charge in [-0.3, -0.25) is 5.43 Å². The molecule has 0 saturated heterocycles. The molecule has 10 heteroatoms. The maximum absolute atomic E-state index is 12.5. The summed E-state index contributed by atoms with van der Waals surface area (Å²) in [5, 5.41) is 6.30. The van der Waals surface area contributed by atoms with Crippen LogP contribution in [-0.2, 0) is 6.18 Å². The fourth-order valence-corrected chi connectivity index (χ4v) is 2.40. The van der Waals surface area contributed by atoms with Gasteiger partial charge in [0.1, 0.15) is 11.6 Å². The van der Waals surface area contributed by atoms with Crippen molar-refractivity contribution in [3.05, 3.63) is 59.1 Å². The molecule has 1 aromatic carbocycles. The van der Waals surface area contributed by atoms with Crippen LogP contribution in [0.1, 0.15) is 11.1 Å². The van der Waals surface area contributed by atoms with Crippen LogP contribution < -0.4 is 15.9 Å². The molecule has 134 valence electrons. The first-order valence-corrected chi connectivity index (χ1v) is 8.09. The molecule has 26 heavy (non-hydrogen) atoms. The Morgan fingerprint density at radius 1 is 1.15 bits per heavy atom. The summed E-state index contributed by atoms with van der Waals surface area (Å²) in [6.07, 6.45) is -2.12. The smallest absolute Gasteiger partial charge is 0.417 e. The Labute approximate surface area is 150 Å². The number of pyridine rings is 1. The highest BCUT2D eigenvalue weighted by molar-refractivity contribution is 7.14. The predicted molar refractivity (Wildman–Crippen MR) is 93.5 cm³/mol. The van der Waals surface area contributed by atoms with Gasteiger partial charge in [0.05, 0.1) is 11.8 Å². The molecule has 6 nitrogen and oxygen atoms in total. The van der Waals surface area contributed by atoms with E-state index in [0.29, 0.717) is 16.7 Å². The van der Waals surface area contributed by atoms with Crippen molar-refractivity contribution in [1.29, 1.82) is 0 Å². The van der Waals surface area contributed by atoms with E-state index in [1.807, 2.05) is 0 Å². The largest absolute Gasteiger partial charge is 0.439 e. The molecule has 0 aliphatic rings. The van der Waals surface area contributed by atoms with Crippen molar-refractivity contribution in [3.63, 3.8) is 0 Å².